The van der Waals surface area contributed by atoms with Crippen molar-refractivity contribution in [3.63, 3.8) is 0 Å². The van der Waals surface area contributed by atoms with Gasteiger partial charge in [0.15, 0.2) is 0 Å². The molecular weight excluding hydrogens is 292 g/mol. The third-order valence-electron chi connectivity index (χ3n) is 2.98. The molecule has 2 aromatic carbocycles. The molecule has 0 heterocycles. The van der Waals surface area contributed by atoms with Crippen LogP contribution in [0.15, 0.2) is 47.6 Å². The summed E-state index contributed by atoms with van der Waals surface area (Å²) in [7, 11) is 0. The van der Waals surface area contributed by atoms with Crippen molar-refractivity contribution in [2.24, 2.45) is 5.16 Å². The maximum absolute atomic E-state index is 10.8. The predicted molar refractivity (Wildman–Crippen MR) is 81.7 cm³/mol. The molecule has 0 bridgehead atoms. The molecule has 0 spiro atoms. The monoisotopic (exact) mass is 304 g/mol. The van der Waals surface area contributed by atoms with Crippen molar-refractivity contribution >= 4 is 23.5 Å². The van der Waals surface area contributed by atoms with Crippen LogP contribution in [0.1, 0.15) is 16.7 Å². The summed E-state index contributed by atoms with van der Waals surface area (Å²) in [5.74, 6) is 0. The fourth-order valence-electron chi connectivity index (χ4n) is 1.78. The lowest BCUT2D eigenvalue weighted by Crippen LogP contribution is -1.97. The Balaban J connectivity index is 1.99. The average molecular weight is 305 g/mol. The lowest BCUT2D eigenvalue weighted by Gasteiger charge is -2.04. The van der Waals surface area contributed by atoms with Crippen molar-refractivity contribution in [1.82, 2.24) is 0 Å². The summed E-state index contributed by atoms with van der Waals surface area (Å²) < 4.78 is 0. The van der Waals surface area contributed by atoms with Gasteiger partial charge in [-0.25, -0.2) is 0 Å². The first-order chi connectivity index (χ1) is 10.1. The second kappa shape index (κ2) is 6.85. The highest BCUT2D eigenvalue weighted by atomic mass is 35.5. The van der Waals surface area contributed by atoms with E-state index in [-0.39, 0.29) is 12.3 Å². The average Bonchev–Trinajstić information content (AvgIpc) is 2.46. The van der Waals surface area contributed by atoms with Crippen LogP contribution in [0, 0.1) is 17.0 Å². The van der Waals surface area contributed by atoms with Crippen molar-refractivity contribution in [3.8, 4) is 0 Å². The van der Waals surface area contributed by atoms with E-state index in [2.05, 4.69) is 5.16 Å². The normalized spacial score (nSPS) is 10.8. The fraction of sp³-hybridized carbons (Fsp3) is 0.133. The first kappa shape index (κ1) is 15.0. The molecule has 6 heteroatoms. The van der Waals surface area contributed by atoms with Gasteiger partial charge in [0, 0.05) is 22.2 Å². The molecule has 0 amide bonds. The lowest BCUT2D eigenvalue weighted by atomic mass is 10.1. The molecule has 0 aliphatic carbocycles. The Kier molecular flexibility index (Phi) is 4.90. The van der Waals surface area contributed by atoms with Crippen LogP contribution in [0.25, 0.3) is 0 Å². The third-order valence-corrected chi connectivity index (χ3v) is 3.23. The van der Waals surface area contributed by atoms with Crippen LogP contribution in [-0.2, 0) is 11.4 Å². The maximum atomic E-state index is 10.8. The molecule has 0 aromatic heterocycles. The number of halogens is 1. The highest BCUT2D eigenvalue weighted by molar-refractivity contribution is 6.30. The van der Waals surface area contributed by atoms with E-state index in [4.69, 9.17) is 16.4 Å². The van der Waals surface area contributed by atoms with Gasteiger partial charge >= 0.3 is 0 Å². The third kappa shape index (κ3) is 4.03. The summed E-state index contributed by atoms with van der Waals surface area (Å²) in [6, 6.07) is 12.0. The Hall–Kier alpha value is -2.40. The molecule has 2 aromatic rings. The van der Waals surface area contributed by atoms with Crippen molar-refractivity contribution in [3.05, 3.63) is 74.3 Å². The second-order valence-corrected chi connectivity index (χ2v) is 4.81. The van der Waals surface area contributed by atoms with Crippen molar-refractivity contribution in [2.75, 3.05) is 0 Å². The second-order valence-electron chi connectivity index (χ2n) is 4.38. The van der Waals surface area contributed by atoms with Crippen LogP contribution in [-0.4, -0.2) is 11.1 Å². The van der Waals surface area contributed by atoms with Crippen LogP contribution in [0.3, 0.4) is 0 Å². The van der Waals surface area contributed by atoms with E-state index >= 15 is 0 Å². The molecule has 108 valence electrons. The van der Waals surface area contributed by atoms with E-state index in [1.165, 1.54) is 6.07 Å². The summed E-state index contributed by atoms with van der Waals surface area (Å²) in [5.41, 5.74) is 2.26. The van der Waals surface area contributed by atoms with Gasteiger partial charge in [-0.3, -0.25) is 10.1 Å². The standard InChI is InChI=1S/C15H13ClN2O3/c1-11-13(3-2-4-15(11)18(19)20)10-21-17-9-12-5-7-14(16)8-6-12/h2-9H,10H2,1H3. The topological polar surface area (TPSA) is 64.7 Å². The lowest BCUT2D eigenvalue weighted by molar-refractivity contribution is -0.385. The zero-order chi connectivity index (χ0) is 15.2. The Labute approximate surface area is 127 Å². The van der Waals surface area contributed by atoms with Gasteiger partial charge in [0.2, 0.25) is 0 Å². The number of nitrogens with zero attached hydrogens (tertiary/aromatic N) is 2. The van der Waals surface area contributed by atoms with E-state index in [0.717, 1.165) is 11.1 Å². The smallest absolute Gasteiger partial charge is 0.272 e. The van der Waals surface area contributed by atoms with Gasteiger partial charge in [-0.1, -0.05) is 41.0 Å². The first-order valence-corrected chi connectivity index (χ1v) is 6.59. The Morgan fingerprint density at radius 2 is 2.00 bits per heavy atom. The maximum Gasteiger partial charge on any atom is 0.272 e. The van der Waals surface area contributed by atoms with Gasteiger partial charge in [0.1, 0.15) is 6.61 Å². The van der Waals surface area contributed by atoms with E-state index < -0.39 is 4.92 Å². The molecule has 2 rings (SSSR count). The van der Waals surface area contributed by atoms with Crippen LogP contribution < -0.4 is 0 Å². The molecule has 0 aliphatic rings. The van der Waals surface area contributed by atoms with Crippen molar-refractivity contribution in [2.45, 2.75) is 13.5 Å². The number of benzene rings is 2. The van der Waals surface area contributed by atoms with E-state index in [1.54, 1.807) is 37.4 Å². The summed E-state index contributed by atoms with van der Waals surface area (Å²) in [5, 5.41) is 15.3. The minimum atomic E-state index is -0.407. The summed E-state index contributed by atoms with van der Waals surface area (Å²) in [6.07, 6.45) is 1.56. The van der Waals surface area contributed by atoms with E-state index in [9.17, 15) is 10.1 Å². The van der Waals surface area contributed by atoms with Crippen LogP contribution in [0.5, 0.6) is 0 Å². The highest BCUT2D eigenvalue weighted by Crippen LogP contribution is 2.21. The van der Waals surface area contributed by atoms with Gasteiger partial charge in [-0.05, 0) is 24.6 Å². The summed E-state index contributed by atoms with van der Waals surface area (Å²) >= 11 is 5.78. The first-order valence-electron chi connectivity index (χ1n) is 6.21. The van der Waals surface area contributed by atoms with E-state index in [1.807, 2.05) is 12.1 Å². The zero-order valence-electron chi connectivity index (χ0n) is 11.3. The molecule has 5 nitrogen and oxygen atoms in total. The number of nitro groups is 1. The summed E-state index contributed by atoms with van der Waals surface area (Å²) in [6.45, 7) is 1.87. The van der Waals surface area contributed by atoms with Crippen LogP contribution in [0.4, 0.5) is 5.69 Å². The molecule has 0 N–H and O–H groups in total. The van der Waals surface area contributed by atoms with Gasteiger partial charge in [-0.2, -0.15) is 0 Å². The molecule has 0 saturated carbocycles. The predicted octanol–water partition coefficient (Wildman–Crippen LogP) is 4.11. The Morgan fingerprint density at radius 1 is 1.29 bits per heavy atom. The minimum Gasteiger partial charge on any atom is -0.391 e. The molecule has 0 saturated heterocycles. The van der Waals surface area contributed by atoms with E-state index in [0.29, 0.717) is 10.6 Å². The fourth-order valence-corrected chi connectivity index (χ4v) is 1.90. The van der Waals surface area contributed by atoms with Gasteiger partial charge in [-0.15, -0.1) is 0 Å². The Morgan fingerprint density at radius 3 is 2.67 bits per heavy atom. The van der Waals surface area contributed by atoms with Gasteiger partial charge in [0.25, 0.3) is 5.69 Å². The number of oxime groups is 1. The largest absolute Gasteiger partial charge is 0.391 e. The minimum absolute atomic E-state index is 0.0813. The van der Waals surface area contributed by atoms with Crippen molar-refractivity contribution < 1.29 is 9.76 Å². The van der Waals surface area contributed by atoms with Gasteiger partial charge < -0.3 is 4.84 Å². The zero-order valence-corrected chi connectivity index (χ0v) is 12.1. The number of hydrogen-bond donors (Lipinski definition) is 0. The quantitative estimate of drug-likeness (QED) is 0.474. The van der Waals surface area contributed by atoms with Crippen LogP contribution >= 0.6 is 11.6 Å². The van der Waals surface area contributed by atoms with Crippen molar-refractivity contribution in [1.29, 1.82) is 0 Å². The molecule has 0 atom stereocenters. The molecule has 0 aliphatic heterocycles. The van der Waals surface area contributed by atoms with Crippen LogP contribution in [0.2, 0.25) is 5.02 Å². The number of rotatable bonds is 5. The SMILES string of the molecule is Cc1c(CON=Cc2ccc(Cl)cc2)cccc1[N+](=O)[O-]. The molecule has 21 heavy (non-hydrogen) atoms. The molecule has 0 unspecified atom stereocenters. The highest BCUT2D eigenvalue weighted by Gasteiger charge is 2.12. The number of hydrogen-bond acceptors (Lipinski definition) is 4. The molecular formula is C15H13ClN2O3. The van der Waals surface area contributed by atoms with Gasteiger partial charge in [0.05, 0.1) is 11.1 Å². The Bertz CT molecular complexity index is 669. The molecule has 0 fully saturated rings. The molecule has 0 radical (unpaired) electrons. The number of nitro benzene ring substituents is 1. The summed E-state index contributed by atoms with van der Waals surface area (Å²) in [4.78, 5) is 15.6.